The molecule has 1 aliphatic rings. The zero-order valence-corrected chi connectivity index (χ0v) is 10.5. The van der Waals surface area contributed by atoms with E-state index in [0.29, 0.717) is 16.8 Å². The summed E-state index contributed by atoms with van der Waals surface area (Å²) in [5, 5.41) is 4.07. The van der Waals surface area contributed by atoms with Crippen molar-refractivity contribution >= 4 is 17.4 Å². The molecule has 3 rings (SSSR count). The molecule has 1 heterocycles. The van der Waals surface area contributed by atoms with Crippen LogP contribution in [-0.4, -0.2) is 22.4 Å². The summed E-state index contributed by atoms with van der Waals surface area (Å²) in [6.07, 6.45) is 3.29. The molecule has 0 aliphatic heterocycles. The summed E-state index contributed by atoms with van der Waals surface area (Å²) in [6, 6.07) is 10.5. The number of pyridine rings is 1. The van der Waals surface area contributed by atoms with Gasteiger partial charge in [0.15, 0.2) is 5.78 Å². The fourth-order valence-electron chi connectivity index (χ4n) is 2.11. The van der Waals surface area contributed by atoms with E-state index >= 15 is 0 Å². The fourth-order valence-corrected chi connectivity index (χ4v) is 2.11. The van der Waals surface area contributed by atoms with Crippen molar-refractivity contribution in [2.24, 2.45) is 5.10 Å². The lowest BCUT2D eigenvalue weighted by atomic mass is 10.1. The first-order chi connectivity index (χ1) is 9.75. The number of benzene rings is 1. The highest BCUT2D eigenvalue weighted by molar-refractivity contribution is 6.26. The van der Waals surface area contributed by atoms with E-state index in [1.165, 1.54) is 12.4 Å². The van der Waals surface area contributed by atoms with E-state index in [-0.39, 0.29) is 18.1 Å². The number of hydrazone groups is 1. The van der Waals surface area contributed by atoms with Crippen LogP contribution in [0.2, 0.25) is 0 Å². The molecule has 0 saturated heterocycles. The minimum Gasteiger partial charge on any atom is -0.294 e. The zero-order chi connectivity index (χ0) is 13.9. The number of Topliss-reactive ketones (excluding diaryl/α,β-unsaturated/α-hetero) is 1. The first-order valence-electron chi connectivity index (χ1n) is 6.15. The third-order valence-corrected chi connectivity index (χ3v) is 3.10. The second-order valence-corrected chi connectivity index (χ2v) is 4.38. The molecular formula is C15H11N3O2. The van der Waals surface area contributed by atoms with E-state index < -0.39 is 0 Å². The van der Waals surface area contributed by atoms with Crippen molar-refractivity contribution in [3.63, 3.8) is 0 Å². The molecule has 5 heteroatoms. The van der Waals surface area contributed by atoms with Gasteiger partial charge in [0.05, 0.1) is 12.1 Å². The summed E-state index contributed by atoms with van der Waals surface area (Å²) in [6.45, 7) is 0. The van der Waals surface area contributed by atoms with E-state index in [0.717, 1.165) is 5.56 Å². The van der Waals surface area contributed by atoms with Gasteiger partial charge in [-0.3, -0.25) is 14.6 Å². The average Bonchev–Trinajstić information content (AvgIpc) is 2.83. The molecule has 1 amide bonds. The Balaban J connectivity index is 1.82. The number of carbonyl (C=O) groups is 2. The van der Waals surface area contributed by atoms with Crippen molar-refractivity contribution in [2.45, 2.75) is 6.42 Å². The van der Waals surface area contributed by atoms with Gasteiger partial charge in [0.1, 0.15) is 0 Å². The van der Waals surface area contributed by atoms with Crippen LogP contribution in [0.25, 0.3) is 0 Å². The molecular weight excluding hydrogens is 254 g/mol. The van der Waals surface area contributed by atoms with Crippen molar-refractivity contribution in [1.82, 2.24) is 10.4 Å². The average molecular weight is 265 g/mol. The van der Waals surface area contributed by atoms with Gasteiger partial charge in [0.25, 0.3) is 5.91 Å². The number of carbonyl (C=O) groups excluding carboxylic acids is 2. The van der Waals surface area contributed by atoms with Crippen LogP contribution in [0, 0.1) is 0 Å². The number of rotatable bonds is 2. The van der Waals surface area contributed by atoms with E-state index in [2.05, 4.69) is 15.5 Å². The number of nitrogens with zero attached hydrogens (tertiary/aromatic N) is 2. The molecule has 0 atom stereocenters. The van der Waals surface area contributed by atoms with E-state index in [9.17, 15) is 9.59 Å². The standard InChI is InChI=1S/C15H11N3O2/c19-14-9-13(11-3-1-2-4-12(11)14)17-18-15(20)10-5-7-16-8-6-10/h1-8H,9H2,(H,18,20)/b17-13-. The normalized spacial score (nSPS) is 15.2. The van der Waals surface area contributed by atoms with E-state index in [4.69, 9.17) is 0 Å². The highest BCUT2D eigenvalue weighted by Gasteiger charge is 2.25. The predicted octanol–water partition coefficient (Wildman–Crippen LogP) is 1.80. The molecule has 20 heavy (non-hydrogen) atoms. The molecule has 2 aromatic rings. The minimum atomic E-state index is -0.322. The summed E-state index contributed by atoms with van der Waals surface area (Å²) in [5.41, 5.74) is 4.98. The van der Waals surface area contributed by atoms with Gasteiger partial charge in [-0.2, -0.15) is 5.10 Å². The Morgan fingerprint density at radius 3 is 2.55 bits per heavy atom. The van der Waals surface area contributed by atoms with Crippen LogP contribution in [0.1, 0.15) is 32.7 Å². The Bertz CT molecular complexity index is 708. The van der Waals surface area contributed by atoms with Crippen molar-refractivity contribution < 1.29 is 9.59 Å². The molecule has 0 fully saturated rings. The molecule has 1 N–H and O–H groups in total. The van der Waals surface area contributed by atoms with Crippen LogP contribution in [0.4, 0.5) is 0 Å². The molecule has 0 radical (unpaired) electrons. The molecule has 0 bridgehead atoms. The number of fused-ring (bicyclic) bond motifs is 1. The fraction of sp³-hybridized carbons (Fsp3) is 0.0667. The van der Waals surface area contributed by atoms with Crippen LogP contribution in [0.5, 0.6) is 0 Å². The number of amides is 1. The lowest BCUT2D eigenvalue weighted by Gasteiger charge is -2.01. The van der Waals surface area contributed by atoms with Crippen molar-refractivity contribution in [3.05, 3.63) is 65.5 Å². The monoisotopic (exact) mass is 265 g/mol. The molecule has 5 nitrogen and oxygen atoms in total. The van der Waals surface area contributed by atoms with Crippen molar-refractivity contribution in [2.75, 3.05) is 0 Å². The van der Waals surface area contributed by atoms with E-state index in [1.807, 2.05) is 18.2 Å². The second-order valence-electron chi connectivity index (χ2n) is 4.38. The first kappa shape index (κ1) is 12.2. The topological polar surface area (TPSA) is 71.4 Å². The van der Waals surface area contributed by atoms with Crippen molar-refractivity contribution in [3.8, 4) is 0 Å². The van der Waals surface area contributed by atoms with Crippen molar-refractivity contribution in [1.29, 1.82) is 0 Å². The Hall–Kier alpha value is -2.82. The molecule has 1 aromatic carbocycles. The molecule has 1 aliphatic carbocycles. The van der Waals surface area contributed by atoms with Gasteiger partial charge in [0, 0.05) is 29.1 Å². The lowest BCUT2D eigenvalue weighted by molar-refractivity contribution is 0.0951. The van der Waals surface area contributed by atoms with Crippen LogP contribution in [-0.2, 0) is 0 Å². The maximum absolute atomic E-state index is 11.9. The number of hydrogen-bond acceptors (Lipinski definition) is 4. The molecule has 0 saturated carbocycles. The second kappa shape index (κ2) is 5.05. The van der Waals surface area contributed by atoms with E-state index in [1.54, 1.807) is 18.2 Å². The quantitative estimate of drug-likeness (QED) is 0.842. The largest absolute Gasteiger partial charge is 0.294 e. The van der Waals surface area contributed by atoms with Gasteiger partial charge in [-0.1, -0.05) is 24.3 Å². The minimum absolute atomic E-state index is 0.0255. The Morgan fingerprint density at radius 2 is 1.80 bits per heavy atom. The first-order valence-corrected chi connectivity index (χ1v) is 6.15. The third-order valence-electron chi connectivity index (χ3n) is 3.10. The summed E-state index contributed by atoms with van der Waals surface area (Å²) in [4.78, 5) is 27.5. The Morgan fingerprint density at radius 1 is 1.10 bits per heavy atom. The summed E-state index contributed by atoms with van der Waals surface area (Å²) in [5.74, 6) is -0.297. The highest BCUT2D eigenvalue weighted by atomic mass is 16.2. The smallest absolute Gasteiger partial charge is 0.271 e. The lowest BCUT2D eigenvalue weighted by Crippen LogP contribution is -2.19. The number of nitrogens with one attached hydrogen (secondary N) is 1. The summed E-state index contributed by atoms with van der Waals surface area (Å²) >= 11 is 0. The zero-order valence-electron chi connectivity index (χ0n) is 10.5. The molecule has 0 unspecified atom stereocenters. The number of ketones is 1. The van der Waals surface area contributed by atoms with Crippen LogP contribution in [0.3, 0.4) is 0 Å². The Kier molecular flexibility index (Phi) is 3.09. The summed E-state index contributed by atoms with van der Waals surface area (Å²) in [7, 11) is 0. The maximum atomic E-state index is 11.9. The Labute approximate surface area is 115 Å². The molecule has 1 aromatic heterocycles. The number of hydrogen-bond donors (Lipinski definition) is 1. The molecule has 0 spiro atoms. The van der Waals surface area contributed by atoms with Gasteiger partial charge in [-0.05, 0) is 12.1 Å². The van der Waals surface area contributed by atoms with Gasteiger partial charge in [-0.15, -0.1) is 0 Å². The van der Waals surface area contributed by atoms with Gasteiger partial charge in [-0.25, -0.2) is 5.43 Å². The van der Waals surface area contributed by atoms with Gasteiger partial charge >= 0.3 is 0 Å². The van der Waals surface area contributed by atoms with Crippen LogP contribution in [0.15, 0.2) is 53.9 Å². The predicted molar refractivity (Wildman–Crippen MR) is 73.6 cm³/mol. The third kappa shape index (κ3) is 2.21. The maximum Gasteiger partial charge on any atom is 0.271 e. The SMILES string of the molecule is O=C(N/N=C1/CC(=O)c2ccccc21)c1ccncc1. The highest BCUT2D eigenvalue weighted by Crippen LogP contribution is 2.21. The van der Waals surface area contributed by atoms with Gasteiger partial charge < -0.3 is 0 Å². The van der Waals surface area contributed by atoms with Gasteiger partial charge in [0.2, 0.25) is 0 Å². The number of aromatic nitrogens is 1. The molecule has 98 valence electrons. The summed E-state index contributed by atoms with van der Waals surface area (Å²) < 4.78 is 0. The van der Waals surface area contributed by atoms with Crippen LogP contribution < -0.4 is 5.43 Å². The van der Waals surface area contributed by atoms with Crippen LogP contribution >= 0.6 is 0 Å².